The van der Waals surface area contributed by atoms with Gasteiger partial charge in [0.15, 0.2) is 5.69 Å². The maximum Gasteiger partial charge on any atom is 0.276 e. The molecular weight excluding hydrogens is 280 g/mol. The fraction of sp³-hybridized carbons (Fsp3) is 0.375. The highest BCUT2D eigenvalue weighted by Crippen LogP contribution is 2.18. The van der Waals surface area contributed by atoms with Crippen LogP contribution in [0.5, 0.6) is 5.75 Å². The average Bonchev–Trinajstić information content (AvgIpc) is 3.06. The highest BCUT2D eigenvalue weighted by molar-refractivity contribution is 6.02. The summed E-state index contributed by atoms with van der Waals surface area (Å²) < 4.78 is 7.03. The lowest BCUT2D eigenvalue weighted by Gasteiger charge is -2.22. The van der Waals surface area contributed by atoms with Gasteiger partial charge in [-0.1, -0.05) is 6.07 Å². The Morgan fingerprint density at radius 1 is 1.45 bits per heavy atom. The molecule has 1 unspecified atom stereocenters. The molecule has 1 aromatic heterocycles. The minimum absolute atomic E-state index is 0.212. The number of nitrogens with zero attached hydrogens (tertiary/aromatic N) is 2. The van der Waals surface area contributed by atoms with Gasteiger partial charge < -0.3 is 15.4 Å². The highest BCUT2D eigenvalue weighted by atomic mass is 16.5. The van der Waals surface area contributed by atoms with Crippen LogP contribution in [0.15, 0.2) is 36.5 Å². The van der Waals surface area contributed by atoms with E-state index in [4.69, 9.17) is 4.74 Å². The van der Waals surface area contributed by atoms with E-state index in [1.54, 1.807) is 19.2 Å². The summed E-state index contributed by atoms with van der Waals surface area (Å²) in [6.07, 6.45) is 4.10. The first-order valence-electron chi connectivity index (χ1n) is 7.47. The van der Waals surface area contributed by atoms with Crippen LogP contribution in [-0.2, 0) is 0 Å². The number of hydrogen-bond acceptors (Lipinski definition) is 4. The van der Waals surface area contributed by atoms with E-state index >= 15 is 0 Å². The van der Waals surface area contributed by atoms with Crippen molar-refractivity contribution in [2.45, 2.75) is 18.9 Å². The second-order valence-electron chi connectivity index (χ2n) is 5.37. The maximum absolute atomic E-state index is 12.3. The number of anilines is 1. The minimum atomic E-state index is -0.212. The number of carbonyl (C=O) groups is 1. The number of ether oxygens (including phenoxy) is 1. The summed E-state index contributed by atoms with van der Waals surface area (Å²) in [5, 5.41) is 10.6. The number of amides is 1. The Labute approximate surface area is 129 Å². The molecule has 0 bridgehead atoms. The van der Waals surface area contributed by atoms with Crippen LogP contribution in [-0.4, -0.2) is 35.9 Å². The second-order valence-corrected chi connectivity index (χ2v) is 5.37. The van der Waals surface area contributed by atoms with Crippen LogP contribution in [0, 0.1) is 0 Å². The van der Waals surface area contributed by atoms with Crippen molar-refractivity contribution in [3.05, 3.63) is 42.2 Å². The molecule has 2 aromatic rings. The van der Waals surface area contributed by atoms with Crippen molar-refractivity contribution in [3.8, 4) is 5.75 Å². The summed E-state index contributed by atoms with van der Waals surface area (Å²) in [6.45, 7) is 1.96. The smallest absolute Gasteiger partial charge is 0.276 e. The van der Waals surface area contributed by atoms with E-state index in [0.717, 1.165) is 25.9 Å². The third kappa shape index (κ3) is 3.28. The topological polar surface area (TPSA) is 68.2 Å². The molecule has 3 rings (SSSR count). The van der Waals surface area contributed by atoms with Gasteiger partial charge in [-0.2, -0.15) is 5.10 Å². The Bertz CT molecular complexity index is 647. The van der Waals surface area contributed by atoms with Crippen LogP contribution in [0.25, 0.3) is 0 Å². The van der Waals surface area contributed by atoms with Crippen LogP contribution in [0.3, 0.4) is 0 Å². The van der Waals surface area contributed by atoms with Crippen LogP contribution in [0.4, 0.5) is 5.69 Å². The van der Waals surface area contributed by atoms with E-state index in [1.165, 1.54) is 0 Å². The van der Waals surface area contributed by atoms with Gasteiger partial charge >= 0.3 is 0 Å². The Kier molecular flexibility index (Phi) is 4.39. The summed E-state index contributed by atoms with van der Waals surface area (Å²) in [5.41, 5.74) is 1.12. The van der Waals surface area contributed by atoms with Gasteiger partial charge in [0.05, 0.1) is 13.2 Å². The highest BCUT2D eigenvalue weighted by Gasteiger charge is 2.17. The Morgan fingerprint density at radius 2 is 2.36 bits per heavy atom. The van der Waals surface area contributed by atoms with E-state index < -0.39 is 0 Å². The molecule has 2 N–H and O–H groups in total. The van der Waals surface area contributed by atoms with Crippen molar-refractivity contribution >= 4 is 11.6 Å². The molecule has 0 radical (unpaired) electrons. The number of carbonyl (C=O) groups excluding carboxylic acids is 1. The number of nitrogens with one attached hydrogen (secondary N) is 2. The lowest BCUT2D eigenvalue weighted by molar-refractivity contribution is 0.102. The quantitative estimate of drug-likeness (QED) is 0.907. The average molecular weight is 300 g/mol. The van der Waals surface area contributed by atoms with E-state index in [1.807, 2.05) is 29.1 Å². The largest absolute Gasteiger partial charge is 0.497 e. The number of hydrogen-bond donors (Lipinski definition) is 2. The Morgan fingerprint density at radius 3 is 3.14 bits per heavy atom. The maximum atomic E-state index is 12.3. The predicted molar refractivity (Wildman–Crippen MR) is 84.3 cm³/mol. The molecule has 1 aliphatic rings. The monoisotopic (exact) mass is 300 g/mol. The van der Waals surface area contributed by atoms with Crippen LogP contribution in [0.1, 0.15) is 29.4 Å². The summed E-state index contributed by atoms with van der Waals surface area (Å²) in [5.74, 6) is 0.493. The van der Waals surface area contributed by atoms with Gasteiger partial charge in [0.2, 0.25) is 0 Å². The summed E-state index contributed by atoms with van der Waals surface area (Å²) in [4.78, 5) is 12.3. The fourth-order valence-electron chi connectivity index (χ4n) is 2.62. The molecule has 6 heteroatoms. The number of benzene rings is 1. The lowest BCUT2D eigenvalue weighted by atomic mass is 10.1. The molecule has 0 saturated carbocycles. The zero-order valence-corrected chi connectivity index (χ0v) is 12.6. The molecular formula is C16H20N4O2. The van der Waals surface area contributed by atoms with Crippen molar-refractivity contribution in [2.24, 2.45) is 0 Å². The van der Waals surface area contributed by atoms with Gasteiger partial charge in [-0.15, -0.1) is 0 Å². The third-order valence-electron chi connectivity index (χ3n) is 3.81. The van der Waals surface area contributed by atoms with E-state index in [2.05, 4.69) is 15.7 Å². The summed E-state index contributed by atoms with van der Waals surface area (Å²) in [6, 6.07) is 9.35. The summed E-state index contributed by atoms with van der Waals surface area (Å²) >= 11 is 0. The summed E-state index contributed by atoms with van der Waals surface area (Å²) in [7, 11) is 1.60. The Hall–Kier alpha value is -2.34. The second kappa shape index (κ2) is 6.62. The predicted octanol–water partition coefficient (Wildman–Crippen LogP) is 2.07. The van der Waals surface area contributed by atoms with Crippen molar-refractivity contribution < 1.29 is 9.53 Å². The molecule has 1 atom stereocenters. The molecule has 2 heterocycles. The first-order valence-corrected chi connectivity index (χ1v) is 7.47. The molecule has 6 nitrogen and oxygen atoms in total. The first-order chi connectivity index (χ1) is 10.8. The molecule has 0 aliphatic carbocycles. The first kappa shape index (κ1) is 14.6. The SMILES string of the molecule is COc1cccc(NC(=O)c2ccn(C3CCCNC3)n2)c1. The molecule has 22 heavy (non-hydrogen) atoms. The van der Waals surface area contributed by atoms with Crippen molar-refractivity contribution in [2.75, 3.05) is 25.5 Å². The van der Waals surface area contributed by atoms with Crippen molar-refractivity contribution in [1.82, 2.24) is 15.1 Å². The molecule has 1 aromatic carbocycles. The zero-order valence-electron chi connectivity index (χ0n) is 12.6. The number of aromatic nitrogens is 2. The molecule has 1 amide bonds. The Balaban J connectivity index is 1.68. The normalized spacial score (nSPS) is 18.0. The standard InChI is InChI=1S/C16H20N4O2/c1-22-14-6-2-4-12(10-14)18-16(21)15-7-9-20(19-15)13-5-3-8-17-11-13/h2,4,6-7,9-10,13,17H,3,5,8,11H2,1H3,(H,18,21). The third-order valence-corrected chi connectivity index (χ3v) is 3.81. The van der Waals surface area contributed by atoms with Crippen LogP contribution >= 0.6 is 0 Å². The number of methoxy groups -OCH3 is 1. The van der Waals surface area contributed by atoms with Crippen molar-refractivity contribution in [1.29, 1.82) is 0 Å². The molecule has 1 fully saturated rings. The molecule has 1 saturated heterocycles. The lowest BCUT2D eigenvalue weighted by Crippen LogP contribution is -2.32. The van der Waals surface area contributed by atoms with E-state index in [0.29, 0.717) is 23.2 Å². The fourth-order valence-corrected chi connectivity index (χ4v) is 2.62. The van der Waals surface area contributed by atoms with Gasteiger partial charge in [-0.3, -0.25) is 9.48 Å². The van der Waals surface area contributed by atoms with Crippen LogP contribution < -0.4 is 15.4 Å². The molecule has 0 spiro atoms. The number of piperidine rings is 1. The minimum Gasteiger partial charge on any atom is -0.497 e. The number of rotatable bonds is 4. The van der Waals surface area contributed by atoms with Gasteiger partial charge in [0.1, 0.15) is 5.75 Å². The van der Waals surface area contributed by atoms with E-state index in [9.17, 15) is 4.79 Å². The zero-order chi connectivity index (χ0) is 15.4. The van der Waals surface area contributed by atoms with Gasteiger partial charge in [0.25, 0.3) is 5.91 Å². The van der Waals surface area contributed by atoms with Crippen molar-refractivity contribution in [3.63, 3.8) is 0 Å². The van der Waals surface area contributed by atoms with E-state index in [-0.39, 0.29) is 5.91 Å². The van der Waals surface area contributed by atoms with Gasteiger partial charge in [-0.05, 0) is 37.6 Å². The van der Waals surface area contributed by atoms with Gasteiger partial charge in [-0.25, -0.2) is 0 Å². The van der Waals surface area contributed by atoms with Crippen LogP contribution in [0.2, 0.25) is 0 Å². The molecule has 116 valence electrons. The molecule has 1 aliphatic heterocycles. The van der Waals surface area contributed by atoms with Gasteiger partial charge in [0, 0.05) is 24.5 Å².